The molecular formula is C20H26N4O2S. The minimum Gasteiger partial charge on any atom is -0.261 e. The van der Waals surface area contributed by atoms with Crippen molar-refractivity contribution in [3.63, 3.8) is 0 Å². The van der Waals surface area contributed by atoms with Gasteiger partial charge >= 0.3 is 0 Å². The van der Waals surface area contributed by atoms with Crippen LogP contribution in [0.1, 0.15) is 41.5 Å². The molecule has 1 aliphatic rings. The smallest absolute Gasteiger partial charge is 0.244 e. The van der Waals surface area contributed by atoms with Gasteiger partial charge in [-0.2, -0.15) is 9.41 Å². The fourth-order valence-electron chi connectivity index (χ4n) is 3.41. The lowest BCUT2D eigenvalue weighted by molar-refractivity contribution is 0.346. The molecule has 2 heterocycles. The van der Waals surface area contributed by atoms with Crippen LogP contribution in [0.5, 0.6) is 0 Å². The first-order valence-corrected chi connectivity index (χ1v) is 10.6. The number of hydrogen-bond donors (Lipinski definition) is 1. The predicted octanol–water partition coefficient (Wildman–Crippen LogP) is 3.63. The topological polar surface area (TPSA) is 74.7 Å². The van der Waals surface area contributed by atoms with E-state index in [1.807, 2.05) is 0 Å². The molecule has 0 saturated carbocycles. The van der Waals surface area contributed by atoms with Gasteiger partial charge in [-0.05, 0) is 56.9 Å². The van der Waals surface area contributed by atoms with E-state index in [4.69, 9.17) is 0 Å². The van der Waals surface area contributed by atoms with Crippen LogP contribution in [0.4, 0.5) is 5.82 Å². The summed E-state index contributed by atoms with van der Waals surface area (Å²) in [5, 5.41) is 4.25. The van der Waals surface area contributed by atoms with E-state index in [1.54, 1.807) is 22.7 Å². The van der Waals surface area contributed by atoms with Gasteiger partial charge in [-0.1, -0.05) is 24.1 Å². The first kappa shape index (κ1) is 19.5. The number of aromatic nitrogens is 1. The second-order valence-electron chi connectivity index (χ2n) is 7.03. The lowest BCUT2D eigenvalue weighted by Gasteiger charge is -2.25. The maximum absolute atomic E-state index is 12.6. The molecule has 0 amide bonds. The number of anilines is 1. The molecule has 7 heteroatoms. The van der Waals surface area contributed by atoms with Gasteiger partial charge in [0.2, 0.25) is 10.0 Å². The maximum atomic E-state index is 12.6. The molecule has 0 unspecified atom stereocenters. The van der Waals surface area contributed by atoms with Gasteiger partial charge in [-0.3, -0.25) is 5.43 Å². The number of nitrogens with one attached hydrogen (secondary N) is 1. The van der Waals surface area contributed by atoms with Crippen LogP contribution in [0, 0.1) is 20.8 Å². The van der Waals surface area contributed by atoms with Crippen molar-refractivity contribution in [2.24, 2.45) is 5.10 Å². The molecule has 1 aromatic heterocycles. The monoisotopic (exact) mass is 386 g/mol. The van der Waals surface area contributed by atoms with E-state index in [-0.39, 0.29) is 4.90 Å². The predicted molar refractivity (Wildman–Crippen MR) is 109 cm³/mol. The summed E-state index contributed by atoms with van der Waals surface area (Å²) in [6.07, 6.45) is 6.08. The van der Waals surface area contributed by atoms with Crippen LogP contribution in [-0.4, -0.2) is 37.0 Å². The molecule has 0 atom stereocenters. The third-order valence-corrected chi connectivity index (χ3v) is 6.68. The highest BCUT2D eigenvalue weighted by molar-refractivity contribution is 7.89. The molecule has 144 valence electrons. The second-order valence-corrected chi connectivity index (χ2v) is 8.96. The molecule has 0 radical (unpaired) electrons. The zero-order valence-electron chi connectivity index (χ0n) is 16.1. The Kier molecular flexibility index (Phi) is 5.92. The molecule has 1 N–H and O–H groups in total. The van der Waals surface area contributed by atoms with Gasteiger partial charge in [0.25, 0.3) is 0 Å². The summed E-state index contributed by atoms with van der Waals surface area (Å²) in [5.41, 5.74) is 7.48. The normalized spacial score (nSPS) is 16.0. The van der Waals surface area contributed by atoms with Crippen LogP contribution in [0.2, 0.25) is 0 Å². The van der Waals surface area contributed by atoms with Crippen molar-refractivity contribution < 1.29 is 8.42 Å². The highest BCUT2D eigenvalue weighted by Gasteiger charge is 2.26. The van der Waals surface area contributed by atoms with Gasteiger partial charge < -0.3 is 0 Å². The van der Waals surface area contributed by atoms with Crippen molar-refractivity contribution >= 4 is 22.1 Å². The number of benzene rings is 1. The van der Waals surface area contributed by atoms with E-state index >= 15 is 0 Å². The van der Waals surface area contributed by atoms with E-state index in [0.29, 0.717) is 18.9 Å². The van der Waals surface area contributed by atoms with E-state index < -0.39 is 10.0 Å². The number of nitrogens with zero attached hydrogens (tertiary/aromatic N) is 3. The SMILES string of the molecule is Cc1cc(C)c(/C=N/Nc2ccc(S(=O)(=O)N3CCCCC3)cn2)c(C)c1. The molecule has 0 spiro atoms. The van der Waals surface area contributed by atoms with E-state index in [9.17, 15) is 8.42 Å². The van der Waals surface area contributed by atoms with Crippen molar-refractivity contribution in [2.45, 2.75) is 44.9 Å². The van der Waals surface area contributed by atoms with Gasteiger partial charge in [0.05, 0.1) is 6.21 Å². The molecule has 1 saturated heterocycles. The molecule has 3 rings (SSSR count). The van der Waals surface area contributed by atoms with Gasteiger partial charge in [0, 0.05) is 24.8 Å². The largest absolute Gasteiger partial charge is 0.261 e. The standard InChI is InChI=1S/C20H26N4O2S/c1-15-11-16(2)19(17(3)12-15)14-22-23-20-8-7-18(13-21-20)27(25,26)24-9-5-4-6-10-24/h7-8,11-14H,4-6,9-10H2,1-3H3,(H,21,23)/b22-14+. The average molecular weight is 387 g/mol. The molecule has 27 heavy (non-hydrogen) atoms. The van der Waals surface area contributed by atoms with Crippen LogP contribution < -0.4 is 5.43 Å². The molecule has 0 aliphatic carbocycles. The number of sulfonamides is 1. The molecule has 2 aromatic rings. The van der Waals surface area contributed by atoms with Crippen LogP contribution in [0.15, 0.2) is 40.5 Å². The fourth-order valence-corrected chi connectivity index (χ4v) is 4.87. The average Bonchev–Trinajstić information content (AvgIpc) is 2.65. The van der Waals surface area contributed by atoms with E-state index in [1.165, 1.54) is 11.8 Å². The Morgan fingerprint density at radius 1 is 1.07 bits per heavy atom. The summed E-state index contributed by atoms with van der Waals surface area (Å²) in [5.74, 6) is 0.506. The van der Waals surface area contributed by atoms with Crippen LogP contribution in [0.25, 0.3) is 0 Å². The summed E-state index contributed by atoms with van der Waals surface area (Å²) in [7, 11) is -3.45. The Bertz CT molecular complexity index is 908. The third-order valence-electron chi connectivity index (χ3n) is 4.80. The summed E-state index contributed by atoms with van der Waals surface area (Å²) < 4.78 is 26.8. The highest BCUT2D eigenvalue weighted by Crippen LogP contribution is 2.21. The molecule has 6 nitrogen and oxygen atoms in total. The van der Waals surface area contributed by atoms with Gasteiger partial charge in [0.1, 0.15) is 10.7 Å². The van der Waals surface area contributed by atoms with Crippen molar-refractivity contribution in [1.82, 2.24) is 9.29 Å². The van der Waals surface area contributed by atoms with Crippen molar-refractivity contribution in [3.05, 3.63) is 52.7 Å². The Hall–Kier alpha value is -2.25. The van der Waals surface area contributed by atoms with Crippen molar-refractivity contribution in [2.75, 3.05) is 18.5 Å². The van der Waals surface area contributed by atoms with Crippen LogP contribution >= 0.6 is 0 Å². The third kappa shape index (κ3) is 4.54. The van der Waals surface area contributed by atoms with Gasteiger partial charge in [0.15, 0.2) is 0 Å². The number of rotatable bonds is 5. The summed E-state index contributed by atoms with van der Waals surface area (Å²) in [6.45, 7) is 7.35. The summed E-state index contributed by atoms with van der Waals surface area (Å²) >= 11 is 0. The Balaban J connectivity index is 1.69. The fraction of sp³-hybridized carbons (Fsp3) is 0.400. The first-order chi connectivity index (χ1) is 12.9. The molecule has 0 bridgehead atoms. The molecule has 1 fully saturated rings. The molecule has 1 aliphatic heterocycles. The van der Waals surface area contributed by atoms with Gasteiger partial charge in [-0.25, -0.2) is 13.4 Å². The Labute approximate surface area is 161 Å². The van der Waals surface area contributed by atoms with E-state index in [0.717, 1.165) is 36.0 Å². The van der Waals surface area contributed by atoms with Crippen LogP contribution in [-0.2, 0) is 10.0 Å². The van der Waals surface area contributed by atoms with Crippen molar-refractivity contribution in [3.8, 4) is 0 Å². The maximum Gasteiger partial charge on any atom is 0.244 e. The zero-order valence-corrected chi connectivity index (χ0v) is 16.9. The number of aryl methyl sites for hydroxylation is 3. The highest BCUT2D eigenvalue weighted by atomic mass is 32.2. The zero-order chi connectivity index (χ0) is 19.4. The van der Waals surface area contributed by atoms with Gasteiger partial charge in [-0.15, -0.1) is 0 Å². The summed E-state index contributed by atoms with van der Waals surface area (Å²) in [4.78, 5) is 4.43. The number of hydrogen-bond acceptors (Lipinski definition) is 5. The molecule has 1 aromatic carbocycles. The second kappa shape index (κ2) is 8.19. The minimum atomic E-state index is -3.45. The quantitative estimate of drug-likeness (QED) is 0.629. The van der Waals surface area contributed by atoms with Crippen LogP contribution in [0.3, 0.4) is 0 Å². The lowest BCUT2D eigenvalue weighted by Crippen LogP contribution is -2.35. The first-order valence-electron chi connectivity index (χ1n) is 9.21. The minimum absolute atomic E-state index is 0.226. The number of pyridine rings is 1. The van der Waals surface area contributed by atoms with Crippen molar-refractivity contribution in [1.29, 1.82) is 0 Å². The number of piperidine rings is 1. The number of hydrazone groups is 1. The lowest BCUT2D eigenvalue weighted by atomic mass is 10.0. The van der Waals surface area contributed by atoms with E-state index in [2.05, 4.69) is 48.4 Å². The molecular weight excluding hydrogens is 360 g/mol. The summed E-state index contributed by atoms with van der Waals surface area (Å²) in [6, 6.07) is 7.46. The Morgan fingerprint density at radius 2 is 1.74 bits per heavy atom. The Morgan fingerprint density at radius 3 is 2.33 bits per heavy atom.